The van der Waals surface area contributed by atoms with Crippen molar-refractivity contribution in [2.24, 2.45) is 23.7 Å². The van der Waals surface area contributed by atoms with Crippen LogP contribution in [-0.4, -0.2) is 27.9 Å². The predicted molar refractivity (Wildman–Crippen MR) is 132 cm³/mol. The van der Waals surface area contributed by atoms with E-state index in [1.165, 1.54) is 44.1 Å². The molecule has 7 rings (SSSR count). The SMILES string of the molecule is CC(C)COc1ccc(-c2nnc(-c3ccc(C(=O)O)cc3)o2)cc1C12CC3CC(CC(C3)C1)C2. The van der Waals surface area contributed by atoms with Gasteiger partial charge in [0.1, 0.15) is 5.75 Å². The third-order valence-electron chi connectivity index (χ3n) is 8.21. The highest BCUT2D eigenvalue weighted by atomic mass is 16.5. The maximum Gasteiger partial charge on any atom is 0.335 e. The number of hydrogen-bond donors (Lipinski definition) is 1. The minimum atomic E-state index is -0.959. The Hall–Kier alpha value is -3.15. The molecule has 6 nitrogen and oxygen atoms in total. The van der Waals surface area contributed by atoms with Crippen molar-refractivity contribution >= 4 is 5.97 Å². The van der Waals surface area contributed by atoms with Crippen LogP contribution in [0.15, 0.2) is 46.9 Å². The Bertz CT molecular complexity index is 1210. The maximum absolute atomic E-state index is 11.1. The number of carboxylic acid groups (broad SMARTS) is 1. The number of nitrogens with zero attached hydrogens (tertiary/aromatic N) is 2. The zero-order chi connectivity index (χ0) is 24.2. The number of aromatic carboxylic acids is 1. The number of carbonyl (C=O) groups is 1. The van der Waals surface area contributed by atoms with Crippen molar-refractivity contribution in [2.75, 3.05) is 6.61 Å². The summed E-state index contributed by atoms with van der Waals surface area (Å²) in [4.78, 5) is 11.1. The van der Waals surface area contributed by atoms with Gasteiger partial charge in [-0.1, -0.05) is 13.8 Å². The van der Waals surface area contributed by atoms with Gasteiger partial charge in [-0.15, -0.1) is 10.2 Å². The molecule has 4 bridgehead atoms. The van der Waals surface area contributed by atoms with E-state index >= 15 is 0 Å². The van der Waals surface area contributed by atoms with Gasteiger partial charge in [-0.05, 0) is 110 Å². The van der Waals surface area contributed by atoms with Crippen LogP contribution in [0.5, 0.6) is 5.75 Å². The average Bonchev–Trinajstić information content (AvgIpc) is 3.32. The van der Waals surface area contributed by atoms with Crippen molar-refractivity contribution in [3.05, 3.63) is 53.6 Å². The van der Waals surface area contributed by atoms with E-state index in [-0.39, 0.29) is 11.0 Å². The van der Waals surface area contributed by atoms with Gasteiger partial charge in [0.25, 0.3) is 0 Å². The number of hydrogen-bond acceptors (Lipinski definition) is 5. The second kappa shape index (κ2) is 8.51. The number of carboxylic acids is 1. The number of ether oxygens (including phenoxy) is 1. The van der Waals surface area contributed by atoms with E-state index in [0.29, 0.717) is 29.9 Å². The van der Waals surface area contributed by atoms with E-state index in [4.69, 9.17) is 14.3 Å². The van der Waals surface area contributed by atoms with Crippen LogP contribution >= 0.6 is 0 Å². The lowest BCUT2D eigenvalue weighted by molar-refractivity contribution is -0.00647. The normalized spacial score (nSPS) is 26.9. The molecule has 1 heterocycles. The van der Waals surface area contributed by atoms with Crippen LogP contribution in [0.3, 0.4) is 0 Å². The monoisotopic (exact) mass is 472 g/mol. The zero-order valence-corrected chi connectivity index (χ0v) is 20.4. The summed E-state index contributed by atoms with van der Waals surface area (Å²) in [6.45, 7) is 5.07. The summed E-state index contributed by atoms with van der Waals surface area (Å²) in [5.74, 6) is 3.89. The maximum atomic E-state index is 11.1. The highest BCUT2D eigenvalue weighted by Crippen LogP contribution is 2.62. The summed E-state index contributed by atoms with van der Waals surface area (Å²) in [5.41, 5.74) is 3.35. The van der Waals surface area contributed by atoms with Gasteiger partial charge in [-0.3, -0.25) is 0 Å². The van der Waals surface area contributed by atoms with Crippen LogP contribution in [-0.2, 0) is 5.41 Å². The first kappa shape index (κ1) is 22.3. The molecular formula is C29H32N2O4. The lowest BCUT2D eigenvalue weighted by Crippen LogP contribution is -2.48. The summed E-state index contributed by atoms with van der Waals surface area (Å²) in [6.07, 6.45) is 7.96. The second-order valence-electron chi connectivity index (χ2n) is 11.4. The van der Waals surface area contributed by atoms with Crippen molar-refractivity contribution in [3.8, 4) is 28.7 Å². The second-order valence-corrected chi connectivity index (χ2v) is 11.4. The molecule has 4 fully saturated rings. The van der Waals surface area contributed by atoms with Gasteiger partial charge in [0.05, 0.1) is 12.2 Å². The Balaban J connectivity index is 1.35. The molecule has 6 heteroatoms. The predicted octanol–water partition coefficient (Wildman–Crippen LogP) is 6.60. The van der Waals surface area contributed by atoms with E-state index in [2.05, 4.69) is 36.2 Å². The van der Waals surface area contributed by atoms with Crippen molar-refractivity contribution in [3.63, 3.8) is 0 Å². The molecule has 4 aliphatic rings. The van der Waals surface area contributed by atoms with Crippen LogP contribution in [0.25, 0.3) is 22.9 Å². The van der Waals surface area contributed by atoms with Crippen LogP contribution in [0.1, 0.15) is 68.3 Å². The molecule has 0 amide bonds. The van der Waals surface area contributed by atoms with Gasteiger partial charge in [-0.25, -0.2) is 4.79 Å². The minimum Gasteiger partial charge on any atom is -0.493 e. The molecule has 35 heavy (non-hydrogen) atoms. The molecular weight excluding hydrogens is 440 g/mol. The van der Waals surface area contributed by atoms with Gasteiger partial charge >= 0.3 is 5.97 Å². The highest BCUT2D eigenvalue weighted by Gasteiger charge is 2.52. The first-order valence-corrected chi connectivity index (χ1v) is 12.8. The van der Waals surface area contributed by atoms with Crippen molar-refractivity contribution < 1.29 is 19.1 Å². The lowest BCUT2D eigenvalue weighted by atomic mass is 9.48. The Kier molecular flexibility index (Phi) is 5.42. The lowest BCUT2D eigenvalue weighted by Gasteiger charge is -2.57. The smallest absolute Gasteiger partial charge is 0.335 e. The summed E-state index contributed by atoms with van der Waals surface area (Å²) in [7, 11) is 0. The number of rotatable bonds is 7. The van der Waals surface area contributed by atoms with Crippen LogP contribution in [0, 0.1) is 23.7 Å². The topological polar surface area (TPSA) is 85.5 Å². The average molecular weight is 473 g/mol. The molecule has 2 aromatic carbocycles. The van der Waals surface area contributed by atoms with Crippen molar-refractivity contribution in [1.82, 2.24) is 10.2 Å². The van der Waals surface area contributed by atoms with Crippen molar-refractivity contribution in [1.29, 1.82) is 0 Å². The minimum absolute atomic E-state index is 0.187. The molecule has 4 aliphatic carbocycles. The molecule has 1 aromatic heterocycles. The molecule has 182 valence electrons. The fraction of sp³-hybridized carbons (Fsp3) is 0.483. The molecule has 0 radical (unpaired) electrons. The highest BCUT2D eigenvalue weighted by molar-refractivity contribution is 5.88. The standard InChI is InChI=1S/C29H32N2O4/c1-17(2)16-34-25-8-7-23(12-24(25)29-13-18-9-19(14-29)11-20(10-18)15-29)27-31-30-26(35-27)21-3-5-22(6-4-21)28(32)33/h3-8,12,17-20H,9-11,13-16H2,1-2H3,(H,32,33). The van der Waals surface area contributed by atoms with Crippen molar-refractivity contribution in [2.45, 2.75) is 57.8 Å². The summed E-state index contributed by atoms with van der Waals surface area (Å²) < 4.78 is 12.4. The molecule has 3 aromatic rings. The van der Waals surface area contributed by atoms with E-state index < -0.39 is 5.97 Å². The molecule has 4 saturated carbocycles. The Labute approximate surface area is 205 Å². The molecule has 1 N–H and O–H groups in total. The Morgan fingerprint density at radius 1 is 0.971 bits per heavy atom. The Morgan fingerprint density at radius 2 is 1.54 bits per heavy atom. The van der Waals surface area contributed by atoms with Gasteiger partial charge in [0.15, 0.2) is 0 Å². The molecule has 0 spiro atoms. The third kappa shape index (κ3) is 4.13. The van der Waals surface area contributed by atoms with Crippen LogP contribution < -0.4 is 4.74 Å². The first-order valence-electron chi connectivity index (χ1n) is 12.8. The summed E-state index contributed by atoms with van der Waals surface area (Å²) in [6, 6.07) is 12.9. The molecule has 0 unspecified atom stereocenters. The van der Waals surface area contributed by atoms with Gasteiger partial charge < -0.3 is 14.3 Å². The van der Waals surface area contributed by atoms with Crippen LogP contribution in [0.4, 0.5) is 0 Å². The first-order chi connectivity index (χ1) is 16.9. The largest absolute Gasteiger partial charge is 0.493 e. The van der Waals surface area contributed by atoms with E-state index in [0.717, 1.165) is 29.1 Å². The number of aromatic nitrogens is 2. The van der Waals surface area contributed by atoms with Gasteiger partial charge in [-0.2, -0.15) is 0 Å². The fourth-order valence-corrected chi connectivity index (χ4v) is 7.11. The van der Waals surface area contributed by atoms with Gasteiger partial charge in [0.2, 0.25) is 11.8 Å². The summed E-state index contributed by atoms with van der Waals surface area (Å²) in [5, 5.41) is 17.7. The van der Waals surface area contributed by atoms with Crippen LogP contribution in [0.2, 0.25) is 0 Å². The molecule has 0 atom stereocenters. The van der Waals surface area contributed by atoms with E-state index in [1.807, 2.05) is 6.07 Å². The Morgan fingerprint density at radius 3 is 2.11 bits per heavy atom. The van der Waals surface area contributed by atoms with E-state index in [1.54, 1.807) is 24.3 Å². The van der Waals surface area contributed by atoms with E-state index in [9.17, 15) is 4.79 Å². The number of benzene rings is 2. The zero-order valence-electron chi connectivity index (χ0n) is 20.4. The quantitative estimate of drug-likeness (QED) is 0.417. The molecule has 0 aliphatic heterocycles. The fourth-order valence-electron chi connectivity index (χ4n) is 7.11. The van der Waals surface area contributed by atoms with Gasteiger partial charge in [0, 0.05) is 16.7 Å². The molecule has 0 saturated heterocycles. The summed E-state index contributed by atoms with van der Waals surface area (Å²) >= 11 is 0. The third-order valence-corrected chi connectivity index (χ3v) is 8.21.